The van der Waals surface area contributed by atoms with E-state index in [0.29, 0.717) is 12.1 Å². The second-order valence-corrected chi connectivity index (χ2v) is 6.23. The number of imidazole rings is 1. The van der Waals surface area contributed by atoms with Gasteiger partial charge in [0.25, 0.3) is 0 Å². The number of fused-ring (bicyclic) bond motifs is 1. The lowest BCUT2D eigenvalue weighted by molar-refractivity contribution is -0.145. The minimum Gasteiger partial charge on any atom is -0.480 e. The lowest BCUT2D eigenvalue weighted by Gasteiger charge is -2.21. The number of aliphatic carboxylic acids is 1. The van der Waals surface area contributed by atoms with Crippen LogP contribution in [0, 0.1) is 0 Å². The molecule has 27 heavy (non-hydrogen) atoms. The van der Waals surface area contributed by atoms with Crippen molar-refractivity contribution in [1.82, 2.24) is 14.0 Å². The molecule has 7 nitrogen and oxygen atoms in total. The monoisotopic (exact) mass is 367 g/mol. The van der Waals surface area contributed by atoms with E-state index in [9.17, 15) is 19.5 Å². The third kappa shape index (κ3) is 3.92. The van der Waals surface area contributed by atoms with Gasteiger partial charge in [-0.05, 0) is 24.6 Å². The Balaban J connectivity index is 1.92. The van der Waals surface area contributed by atoms with Gasteiger partial charge in [-0.25, -0.2) is 4.79 Å². The summed E-state index contributed by atoms with van der Waals surface area (Å²) in [5, 5.41) is 9.18. The van der Waals surface area contributed by atoms with Crippen molar-refractivity contribution in [3.05, 3.63) is 70.6 Å². The van der Waals surface area contributed by atoms with Crippen LogP contribution < -0.4 is 5.69 Å². The number of amides is 1. The van der Waals surface area contributed by atoms with Gasteiger partial charge in [-0.3, -0.25) is 18.7 Å². The van der Waals surface area contributed by atoms with E-state index in [1.165, 1.54) is 9.47 Å². The Hall–Kier alpha value is -3.35. The molecule has 0 fully saturated rings. The molecule has 3 aromatic rings. The Kier molecular flexibility index (Phi) is 5.40. The average Bonchev–Trinajstić information content (AvgIpc) is 2.93. The molecule has 7 heteroatoms. The summed E-state index contributed by atoms with van der Waals surface area (Å²) in [7, 11) is 0. The third-order valence-corrected chi connectivity index (χ3v) is 4.43. The predicted octanol–water partition coefficient (Wildman–Crippen LogP) is 1.94. The number of aryl methyl sites for hydroxylation is 1. The Labute approximate surface area is 156 Å². The van der Waals surface area contributed by atoms with E-state index >= 15 is 0 Å². The van der Waals surface area contributed by atoms with E-state index in [2.05, 4.69) is 0 Å². The van der Waals surface area contributed by atoms with Crippen LogP contribution in [0.15, 0.2) is 59.4 Å². The summed E-state index contributed by atoms with van der Waals surface area (Å²) in [6.45, 7) is 1.91. The highest BCUT2D eigenvalue weighted by atomic mass is 16.4. The summed E-state index contributed by atoms with van der Waals surface area (Å²) in [5.41, 5.74) is 1.97. The molecule has 140 valence electrons. The van der Waals surface area contributed by atoms with Gasteiger partial charge < -0.3 is 10.0 Å². The fourth-order valence-electron chi connectivity index (χ4n) is 3.17. The van der Waals surface area contributed by atoms with Crippen molar-refractivity contribution in [3.8, 4) is 0 Å². The summed E-state index contributed by atoms with van der Waals surface area (Å²) in [6, 6.07) is 16.4. The molecule has 0 unspecified atom stereocenters. The molecule has 0 atom stereocenters. The highest BCUT2D eigenvalue weighted by Crippen LogP contribution is 2.13. The zero-order valence-corrected chi connectivity index (χ0v) is 15.0. The first-order valence-corrected chi connectivity index (χ1v) is 8.72. The van der Waals surface area contributed by atoms with Gasteiger partial charge in [0.2, 0.25) is 5.91 Å². The summed E-state index contributed by atoms with van der Waals surface area (Å²) >= 11 is 0. The minimum absolute atomic E-state index is 0.174. The van der Waals surface area contributed by atoms with Crippen molar-refractivity contribution in [2.75, 3.05) is 6.54 Å². The molecule has 0 aliphatic heterocycles. The Morgan fingerprint density at radius 1 is 0.963 bits per heavy atom. The number of para-hydroxylation sites is 2. The van der Waals surface area contributed by atoms with E-state index < -0.39 is 18.4 Å². The number of hydrogen-bond donors (Lipinski definition) is 1. The second-order valence-electron chi connectivity index (χ2n) is 6.23. The molecule has 3 rings (SSSR count). The summed E-state index contributed by atoms with van der Waals surface area (Å²) in [5.74, 6) is -1.51. The van der Waals surface area contributed by atoms with Crippen molar-refractivity contribution in [2.24, 2.45) is 0 Å². The molecule has 0 saturated carbocycles. The number of aromatic nitrogens is 2. The molecule has 2 aromatic carbocycles. The maximum absolute atomic E-state index is 12.8. The summed E-state index contributed by atoms with van der Waals surface area (Å²) in [6.07, 6.45) is 0. The van der Waals surface area contributed by atoms with Crippen LogP contribution in [0.1, 0.15) is 12.5 Å². The molecule has 0 aliphatic rings. The van der Waals surface area contributed by atoms with Crippen molar-refractivity contribution in [1.29, 1.82) is 0 Å². The third-order valence-electron chi connectivity index (χ3n) is 4.43. The molecule has 1 amide bonds. The van der Waals surface area contributed by atoms with E-state index in [1.807, 2.05) is 55.5 Å². The molecule has 0 saturated heterocycles. The smallest absolute Gasteiger partial charge is 0.329 e. The van der Waals surface area contributed by atoms with Gasteiger partial charge in [0.05, 0.1) is 11.0 Å². The zero-order chi connectivity index (χ0) is 19.4. The van der Waals surface area contributed by atoms with Gasteiger partial charge in [-0.1, -0.05) is 42.5 Å². The van der Waals surface area contributed by atoms with Gasteiger partial charge in [-0.2, -0.15) is 0 Å². The van der Waals surface area contributed by atoms with E-state index in [-0.39, 0.29) is 18.8 Å². The second kappa shape index (κ2) is 7.90. The Morgan fingerprint density at radius 2 is 1.56 bits per heavy atom. The first-order chi connectivity index (χ1) is 13.0. The van der Waals surface area contributed by atoms with Crippen LogP contribution in [-0.2, 0) is 29.2 Å². The molecule has 0 aliphatic carbocycles. The van der Waals surface area contributed by atoms with Gasteiger partial charge in [0.15, 0.2) is 0 Å². The minimum atomic E-state index is -1.09. The molecule has 0 radical (unpaired) electrons. The first-order valence-electron chi connectivity index (χ1n) is 8.72. The number of rotatable bonds is 7. The highest BCUT2D eigenvalue weighted by molar-refractivity contribution is 5.83. The van der Waals surface area contributed by atoms with Crippen LogP contribution >= 0.6 is 0 Å². The predicted molar refractivity (Wildman–Crippen MR) is 101 cm³/mol. The lowest BCUT2D eigenvalue weighted by Crippen LogP contribution is -2.39. The van der Waals surface area contributed by atoms with Crippen molar-refractivity contribution < 1.29 is 14.7 Å². The number of hydrogen-bond acceptors (Lipinski definition) is 3. The van der Waals surface area contributed by atoms with Crippen LogP contribution in [0.25, 0.3) is 11.0 Å². The molecule has 1 heterocycles. The number of carbonyl (C=O) groups excluding carboxylic acids is 1. The molecular weight excluding hydrogens is 346 g/mol. The van der Waals surface area contributed by atoms with Gasteiger partial charge in [-0.15, -0.1) is 0 Å². The SMILES string of the molecule is CCn1c(=O)n(CC(=O)N(CC(=O)O)Cc2ccccc2)c2ccccc21. The van der Waals surface area contributed by atoms with Crippen molar-refractivity contribution in [2.45, 2.75) is 26.6 Å². The van der Waals surface area contributed by atoms with Crippen LogP contribution in [0.2, 0.25) is 0 Å². The summed E-state index contributed by atoms with van der Waals surface area (Å²) in [4.78, 5) is 38.0. The zero-order valence-electron chi connectivity index (χ0n) is 15.0. The summed E-state index contributed by atoms with van der Waals surface area (Å²) < 4.78 is 3.00. The van der Waals surface area contributed by atoms with Crippen LogP contribution in [0.4, 0.5) is 0 Å². The maximum atomic E-state index is 12.8. The fraction of sp³-hybridized carbons (Fsp3) is 0.250. The van der Waals surface area contributed by atoms with E-state index in [4.69, 9.17) is 0 Å². The number of carboxylic acid groups (broad SMARTS) is 1. The Morgan fingerprint density at radius 3 is 2.15 bits per heavy atom. The van der Waals surface area contributed by atoms with Crippen LogP contribution in [-0.4, -0.2) is 37.6 Å². The van der Waals surface area contributed by atoms with Crippen molar-refractivity contribution >= 4 is 22.9 Å². The molecule has 1 N–H and O–H groups in total. The van der Waals surface area contributed by atoms with E-state index in [1.54, 1.807) is 10.6 Å². The number of benzene rings is 2. The number of nitrogens with zero attached hydrogens (tertiary/aromatic N) is 3. The normalized spacial score (nSPS) is 10.9. The van der Waals surface area contributed by atoms with Gasteiger partial charge in [0.1, 0.15) is 13.1 Å². The average molecular weight is 367 g/mol. The molecule has 0 spiro atoms. The Bertz CT molecular complexity index is 1020. The topological polar surface area (TPSA) is 84.5 Å². The van der Waals surface area contributed by atoms with Crippen LogP contribution in [0.5, 0.6) is 0 Å². The first kappa shape index (κ1) is 18.4. The molecule has 1 aromatic heterocycles. The fourth-order valence-corrected chi connectivity index (χ4v) is 3.17. The number of carboxylic acids is 1. The number of carbonyl (C=O) groups is 2. The molecule has 0 bridgehead atoms. The van der Waals surface area contributed by atoms with Gasteiger partial charge >= 0.3 is 11.7 Å². The quantitative estimate of drug-likeness (QED) is 0.692. The van der Waals surface area contributed by atoms with Gasteiger partial charge in [0, 0.05) is 13.1 Å². The van der Waals surface area contributed by atoms with Crippen molar-refractivity contribution in [3.63, 3.8) is 0 Å². The largest absolute Gasteiger partial charge is 0.480 e. The lowest BCUT2D eigenvalue weighted by atomic mass is 10.2. The maximum Gasteiger partial charge on any atom is 0.329 e. The highest BCUT2D eigenvalue weighted by Gasteiger charge is 2.21. The van der Waals surface area contributed by atoms with E-state index in [0.717, 1.165) is 11.1 Å². The standard InChI is InChI=1S/C20H21N3O4/c1-2-22-16-10-6-7-11-17(16)23(20(22)27)13-18(24)21(14-19(25)26)12-15-8-4-3-5-9-15/h3-11H,2,12-14H2,1H3,(H,25,26). The molecular formula is C20H21N3O4. The van der Waals surface area contributed by atoms with Crippen LogP contribution in [0.3, 0.4) is 0 Å².